The summed E-state index contributed by atoms with van der Waals surface area (Å²) in [4.78, 5) is 22.2. The molecule has 0 radical (unpaired) electrons. The van der Waals surface area contributed by atoms with Gasteiger partial charge < -0.3 is 10.0 Å². The highest BCUT2D eigenvalue weighted by atomic mass is 35.5. The van der Waals surface area contributed by atoms with E-state index in [1.165, 1.54) is 6.07 Å². The minimum absolute atomic E-state index is 0.00750. The van der Waals surface area contributed by atoms with Crippen molar-refractivity contribution in [2.24, 2.45) is 0 Å². The van der Waals surface area contributed by atoms with Crippen LogP contribution in [0.5, 0.6) is 0 Å². The fourth-order valence-electron chi connectivity index (χ4n) is 1.43. The molecule has 0 saturated carbocycles. The number of carbonyl (C=O) groups is 1. The van der Waals surface area contributed by atoms with Gasteiger partial charge in [-0.1, -0.05) is 29.1 Å². The van der Waals surface area contributed by atoms with Gasteiger partial charge in [0.25, 0.3) is 5.69 Å². The predicted octanol–water partition coefficient (Wildman–Crippen LogP) is 2.43. The molecule has 0 aromatic heterocycles. The largest absolute Gasteiger partial charge is 0.480 e. The van der Waals surface area contributed by atoms with Crippen LogP contribution in [-0.2, 0) is 4.79 Å². The number of halogens is 2. The molecule has 0 unspecified atom stereocenters. The van der Waals surface area contributed by atoms with Gasteiger partial charge in [0, 0.05) is 6.07 Å². The highest BCUT2D eigenvalue weighted by Gasteiger charge is 2.23. The van der Waals surface area contributed by atoms with E-state index in [-0.39, 0.29) is 28.0 Å². The van der Waals surface area contributed by atoms with Crippen molar-refractivity contribution in [1.82, 2.24) is 0 Å². The molecular weight excluding hydrogens is 295 g/mol. The fourth-order valence-corrected chi connectivity index (χ4v) is 1.74. The first-order chi connectivity index (χ1) is 8.86. The van der Waals surface area contributed by atoms with Gasteiger partial charge in [-0.2, -0.15) is 0 Å². The van der Waals surface area contributed by atoms with Gasteiger partial charge in [0.2, 0.25) is 0 Å². The first-order valence-corrected chi connectivity index (χ1v) is 5.66. The smallest absolute Gasteiger partial charge is 0.323 e. The molecule has 0 aliphatic rings. The van der Waals surface area contributed by atoms with Crippen molar-refractivity contribution >= 4 is 40.5 Å². The number of terminal acetylenes is 1. The Morgan fingerprint density at radius 3 is 2.53 bits per heavy atom. The molecule has 1 N–H and O–H groups in total. The Hall–Kier alpha value is -1.97. The third-order valence-corrected chi connectivity index (χ3v) is 2.89. The Morgan fingerprint density at radius 1 is 1.47 bits per heavy atom. The molecule has 1 aromatic rings. The predicted molar refractivity (Wildman–Crippen MR) is 71.8 cm³/mol. The molecule has 0 bridgehead atoms. The minimum atomic E-state index is -1.17. The van der Waals surface area contributed by atoms with Crippen LogP contribution in [0.15, 0.2) is 12.1 Å². The number of hydrogen-bond donors (Lipinski definition) is 1. The SMILES string of the molecule is C#CCN(CC(=O)O)c1cc(Cl)c(Cl)cc1[N+](=O)[O-]. The number of nitrogens with zero attached hydrogens (tertiary/aromatic N) is 2. The number of anilines is 1. The van der Waals surface area contributed by atoms with E-state index >= 15 is 0 Å². The molecule has 1 rings (SSSR count). The lowest BCUT2D eigenvalue weighted by Gasteiger charge is -2.20. The zero-order valence-corrected chi connectivity index (χ0v) is 11.0. The zero-order chi connectivity index (χ0) is 14.6. The van der Waals surface area contributed by atoms with E-state index in [0.29, 0.717) is 0 Å². The summed E-state index contributed by atoms with van der Waals surface area (Å²) >= 11 is 11.5. The third-order valence-electron chi connectivity index (χ3n) is 2.16. The van der Waals surface area contributed by atoms with Crippen LogP contribution in [0.1, 0.15) is 0 Å². The van der Waals surface area contributed by atoms with E-state index in [2.05, 4.69) is 5.92 Å². The summed E-state index contributed by atoms with van der Waals surface area (Å²) in [6, 6.07) is 2.28. The molecule has 0 saturated heterocycles. The molecule has 8 heteroatoms. The molecule has 1 aromatic carbocycles. The van der Waals surface area contributed by atoms with Crippen LogP contribution in [0, 0.1) is 22.5 Å². The van der Waals surface area contributed by atoms with E-state index in [4.69, 9.17) is 34.7 Å². The summed E-state index contributed by atoms with van der Waals surface area (Å²) in [5.74, 6) is 1.07. The van der Waals surface area contributed by atoms with Gasteiger partial charge in [0.1, 0.15) is 12.2 Å². The summed E-state index contributed by atoms with van der Waals surface area (Å²) in [6.45, 7) is -0.589. The van der Waals surface area contributed by atoms with Crippen LogP contribution in [0.25, 0.3) is 0 Å². The molecule has 0 heterocycles. The van der Waals surface area contributed by atoms with Gasteiger partial charge in [-0.25, -0.2) is 0 Å². The van der Waals surface area contributed by atoms with Crippen molar-refractivity contribution in [1.29, 1.82) is 0 Å². The Bertz CT molecular complexity index is 569. The molecule has 6 nitrogen and oxygen atoms in total. The van der Waals surface area contributed by atoms with Crippen molar-refractivity contribution in [3.05, 3.63) is 32.3 Å². The van der Waals surface area contributed by atoms with Gasteiger partial charge in [0.05, 0.1) is 21.5 Å². The number of rotatable bonds is 5. The van der Waals surface area contributed by atoms with E-state index in [1.54, 1.807) is 0 Å². The molecular formula is C11H8Cl2N2O4. The monoisotopic (exact) mass is 302 g/mol. The highest BCUT2D eigenvalue weighted by Crippen LogP contribution is 2.36. The maximum atomic E-state index is 11.0. The second-order valence-corrected chi connectivity index (χ2v) is 4.28. The number of benzene rings is 1. The molecule has 100 valence electrons. The Labute approximate surface area is 118 Å². The summed E-state index contributed by atoms with van der Waals surface area (Å²) in [5, 5.41) is 19.8. The fraction of sp³-hybridized carbons (Fsp3) is 0.182. The first-order valence-electron chi connectivity index (χ1n) is 4.90. The highest BCUT2D eigenvalue weighted by molar-refractivity contribution is 6.42. The van der Waals surface area contributed by atoms with E-state index in [9.17, 15) is 14.9 Å². The van der Waals surface area contributed by atoms with Crippen LogP contribution >= 0.6 is 23.2 Å². The normalized spacial score (nSPS) is 9.74. The number of carboxylic acids is 1. The van der Waals surface area contributed by atoms with Crippen molar-refractivity contribution in [2.75, 3.05) is 18.0 Å². The number of aliphatic carboxylic acids is 1. The molecule has 0 fully saturated rings. The van der Waals surface area contributed by atoms with Crippen LogP contribution in [0.3, 0.4) is 0 Å². The lowest BCUT2D eigenvalue weighted by atomic mass is 10.2. The lowest BCUT2D eigenvalue weighted by Crippen LogP contribution is -2.30. The number of hydrogen-bond acceptors (Lipinski definition) is 4. The maximum absolute atomic E-state index is 11.0. The minimum Gasteiger partial charge on any atom is -0.480 e. The van der Waals surface area contributed by atoms with Gasteiger partial charge in [-0.05, 0) is 6.07 Å². The first kappa shape index (κ1) is 15.1. The van der Waals surface area contributed by atoms with Gasteiger partial charge in [0.15, 0.2) is 0 Å². The van der Waals surface area contributed by atoms with Crippen molar-refractivity contribution in [3.8, 4) is 12.3 Å². The quantitative estimate of drug-likeness (QED) is 0.513. The molecule has 0 atom stereocenters. The number of carboxylic acid groups (broad SMARTS) is 1. The number of nitro benzene ring substituents is 1. The summed E-state index contributed by atoms with van der Waals surface area (Å²) in [5.41, 5.74) is -0.342. The van der Waals surface area contributed by atoms with E-state index in [1.807, 2.05) is 0 Å². The Balaban J connectivity index is 3.35. The average molecular weight is 303 g/mol. The maximum Gasteiger partial charge on any atom is 0.323 e. The zero-order valence-electron chi connectivity index (χ0n) is 9.47. The van der Waals surface area contributed by atoms with Gasteiger partial charge in [-0.15, -0.1) is 6.42 Å². The standard InChI is InChI=1S/C11H8Cl2N2O4/c1-2-3-14(6-11(16)17)9-4-7(12)8(13)5-10(9)15(18)19/h1,4-5H,3,6H2,(H,16,17). The Kier molecular flexibility index (Phi) is 4.98. The number of nitro groups is 1. The van der Waals surface area contributed by atoms with E-state index in [0.717, 1.165) is 11.0 Å². The van der Waals surface area contributed by atoms with Crippen molar-refractivity contribution < 1.29 is 14.8 Å². The summed E-state index contributed by atoms with van der Waals surface area (Å²) < 4.78 is 0. The second kappa shape index (κ2) is 6.27. The molecule has 19 heavy (non-hydrogen) atoms. The second-order valence-electron chi connectivity index (χ2n) is 3.47. The Morgan fingerprint density at radius 2 is 2.05 bits per heavy atom. The van der Waals surface area contributed by atoms with Gasteiger partial charge in [-0.3, -0.25) is 14.9 Å². The average Bonchev–Trinajstić information content (AvgIpc) is 2.30. The van der Waals surface area contributed by atoms with Crippen LogP contribution in [0.4, 0.5) is 11.4 Å². The molecule has 0 spiro atoms. The molecule has 0 amide bonds. The van der Waals surface area contributed by atoms with Crippen molar-refractivity contribution in [3.63, 3.8) is 0 Å². The molecule has 0 aliphatic heterocycles. The topological polar surface area (TPSA) is 83.7 Å². The van der Waals surface area contributed by atoms with E-state index < -0.39 is 17.4 Å². The lowest BCUT2D eigenvalue weighted by molar-refractivity contribution is -0.384. The third kappa shape index (κ3) is 3.74. The van der Waals surface area contributed by atoms with Gasteiger partial charge >= 0.3 is 5.97 Å². The van der Waals surface area contributed by atoms with Crippen LogP contribution < -0.4 is 4.90 Å². The van der Waals surface area contributed by atoms with Crippen molar-refractivity contribution in [2.45, 2.75) is 0 Å². The molecule has 0 aliphatic carbocycles. The summed E-state index contributed by atoms with van der Waals surface area (Å²) in [7, 11) is 0. The van der Waals surface area contributed by atoms with Crippen LogP contribution in [-0.4, -0.2) is 29.1 Å². The van der Waals surface area contributed by atoms with Crippen LogP contribution in [0.2, 0.25) is 10.0 Å². The summed E-state index contributed by atoms with van der Waals surface area (Å²) in [6.07, 6.45) is 5.12.